The summed E-state index contributed by atoms with van der Waals surface area (Å²) in [6, 6.07) is 2.17. The molecule has 0 unspecified atom stereocenters. The average molecular weight is 300 g/mol. The normalized spacial score (nSPS) is 12.3. The van der Waals surface area contributed by atoms with E-state index in [1.54, 1.807) is 5.32 Å². The molecule has 0 saturated carbocycles. The lowest BCUT2D eigenvalue weighted by atomic mass is 10.3. The standard InChI is InChI=1S/C9H8F4N2O3S/c10-6-3-5(19(14,17)18)1-2-7(6)15-8(16)4-9(11,12)13/h1-3H,4H2,(H,15,16)(H2,14,17,18). The Morgan fingerprint density at radius 3 is 2.32 bits per heavy atom. The van der Waals surface area contributed by atoms with E-state index in [1.165, 1.54) is 0 Å². The topological polar surface area (TPSA) is 89.3 Å². The molecule has 1 amide bonds. The van der Waals surface area contributed by atoms with Crippen LogP contribution in [0, 0.1) is 5.82 Å². The molecular formula is C9H8F4N2O3S. The lowest BCUT2D eigenvalue weighted by Crippen LogP contribution is -2.21. The highest BCUT2D eigenvalue weighted by molar-refractivity contribution is 7.89. The van der Waals surface area contributed by atoms with Gasteiger partial charge in [-0.2, -0.15) is 13.2 Å². The van der Waals surface area contributed by atoms with Gasteiger partial charge in [0.05, 0.1) is 10.6 Å². The largest absolute Gasteiger partial charge is 0.397 e. The van der Waals surface area contributed by atoms with E-state index in [2.05, 4.69) is 0 Å². The molecule has 3 N–H and O–H groups in total. The summed E-state index contributed by atoms with van der Waals surface area (Å²) in [5, 5.41) is 6.41. The van der Waals surface area contributed by atoms with Crippen molar-refractivity contribution >= 4 is 21.6 Å². The molecule has 10 heteroatoms. The van der Waals surface area contributed by atoms with Gasteiger partial charge in [0.2, 0.25) is 15.9 Å². The third kappa shape index (κ3) is 4.83. The number of alkyl halides is 3. The Morgan fingerprint density at radius 1 is 1.32 bits per heavy atom. The maximum atomic E-state index is 13.4. The highest BCUT2D eigenvalue weighted by Crippen LogP contribution is 2.22. The van der Waals surface area contributed by atoms with E-state index in [0.717, 1.165) is 12.1 Å². The van der Waals surface area contributed by atoms with Crippen molar-refractivity contribution in [3.8, 4) is 0 Å². The van der Waals surface area contributed by atoms with E-state index >= 15 is 0 Å². The Hall–Kier alpha value is -1.68. The van der Waals surface area contributed by atoms with Crippen molar-refractivity contribution in [1.29, 1.82) is 0 Å². The number of nitrogens with two attached hydrogens (primary N) is 1. The zero-order valence-corrected chi connectivity index (χ0v) is 9.98. The van der Waals surface area contributed by atoms with Crippen molar-refractivity contribution in [2.45, 2.75) is 17.5 Å². The Labute approximate surface area is 105 Å². The summed E-state index contributed by atoms with van der Waals surface area (Å²) in [4.78, 5) is 10.4. The van der Waals surface area contributed by atoms with Crippen LogP contribution < -0.4 is 10.5 Å². The molecule has 0 aliphatic rings. The maximum Gasteiger partial charge on any atom is 0.397 e. The molecule has 19 heavy (non-hydrogen) atoms. The highest BCUT2D eigenvalue weighted by Gasteiger charge is 2.31. The molecule has 0 spiro atoms. The summed E-state index contributed by atoms with van der Waals surface area (Å²) in [6.07, 6.45) is -6.50. The van der Waals surface area contributed by atoms with Gasteiger partial charge >= 0.3 is 6.18 Å². The first-order valence-electron chi connectivity index (χ1n) is 4.68. The van der Waals surface area contributed by atoms with Crippen LogP contribution in [-0.4, -0.2) is 20.5 Å². The molecule has 1 aromatic carbocycles. The van der Waals surface area contributed by atoms with Gasteiger partial charge in [-0.3, -0.25) is 4.79 Å². The van der Waals surface area contributed by atoms with Gasteiger partial charge in [-0.05, 0) is 18.2 Å². The SMILES string of the molecule is NS(=O)(=O)c1ccc(NC(=O)CC(F)(F)F)c(F)c1. The molecule has 0 bridgehead atoms. The minimum atomic E-state index is -4.72. The summed E-state index contributed by atoms with van der Waals surface area (Å²) in [5.74, 6) is -2.67. The number of primary sulfonamides is 1. The number of nitrogens with one attached hydrogen (secondary N) is 1. The lowest BCUT2D eigenvalue weighted by molar-refractivity contribution is -0.150. The van der Waals surface area contributed by atoms with Crippen molar-refractivity contribution < 1.29 is 30.8 Å². The summed E-state index contributed by atoms with van der Waals surface area (Å²) >= 11 is 0. The Balaban J connectivity index is 2.90. The van der Waals surface area contributed by atoms with Crippen LogP contribution in [0.2, 0.25) is 0 Å². The molecule has 0 saturated heterocycles. The van der Waals surface area contributed by atoms with E-state index < -0.39 is 44.9 Å². The molecule has 106 valence electrons. The Morgan fingerprint density at radius 2 is 1.89 bits per heavy atom. The number of hydrogen-bond acceptors (Lipinski definition) is 3. The van der Waals surface area contributed by atoms with Crippen molar-refractivity contribution in [3.05, 3.63) is 24.0 Å². The third-order valence-electron chi connectivity index (χ3n) is 1.90. The predicted octanol–water partition coefficient (Wildman–Crippen LogP) is 1.36. The fourth-order valence-corrected chi connectivity index (χ4v) is 1.68. The summed E-state index contributed by atoms with van der Waals surface area (Å²) in [6.45, 7) is 0. The zero-order valence-electron chi connectivity index (χ0n) is 9.16. The molecule has 1 rings (SSSR count). The van der Waals surface area contributed by atoms with E-state index in [9.17, 15) is 30.8 Å². The fourth-order valence-electron chi connectivity index (χ4n) is 1.15. The second kappa shape index (κ2) is 5.13. The lowest BCUT2D eigenvalue weighted by Gasteiger charge is -2.09. The second-order valence-corrected chi connectivity index (χ2v) is 5.09. The van der Waals surface area contributed by atoms with Crippen LogP contribution in [0.15, 0.2) is 23.1 Å². The van der Waals surface area contributed by atoms with Crippen molar-refractivity contribution in [3.63, 3.8) is 0 Å². The molecule has 0 aromatic heterocycles. The van der Waals surface area contributed by atoms with E-state index in [-0.39, 0.29) is 0 Å². The van der Waals surface area contributed by atoms with Gasteiger partial charge in [0.1, 0.15) is 12.2 Å². The van der Waals surface area contributed by atoms with Gasteiger partial charge in [0.25, 0.3) is 0 Å². The van der Waals surface area contributed by atoms with Crippen LogP contribution in [0.25, 0.3) is 0 Å². The van der Waals surface area contributed by atoms with Gasteiger partial charge in [-0.1, -0.05) is 0 Å². The van der Waals surface area contributed by atoms with Crippen LogP contribution >= 0.6 is 0 Å². The van der Waals surface area contributed by atoms with Crippen molar-refractivity contribution in [2.24, 2.45) is 5.14 Å². The van der Waals surface area contributed by atoms with Crippen LogP contribution in [0.4, 0.5) is 23.2 Å². The van der Waals surface area contributed by atoms with Crippen LogP contribution in [0.1, 0.15) is 6.42 Å². The number of carbonyl (C=O) groups is 1. The van der Waals surface area contributed by atoms with Gasteiger partial charge in [0.15, 0.2) is 0 Å². The number of halogens is 4. The molecule has 0 radical (unpaired) electrons. The number of amides is 1. The minimum absolute atomic E-state index is 0.499. The number of hydrogen-bond donors (Lipinski definition) is 2. The monoisotopic (exact) mass is 300 g/mol. The number of anilines is 1. The van der Waals surface area contributed by atoms with E-state index in [4.69, 9.17) is 5.14 Å². The average Bonchev–Trinajstić information content (AvgIpc) is 2.16. The predicted molar refractivity (Wildman–Crippen MR) is 57.1 cm³/mol. The van der Waals surface area contributed by atoms with Gasteiger partial charge < -0.3 is 5.32 Å². The molecule has 0 fully saturated rings. The summed E-state index contributed by atoms with van der Waals surface area (Å²) < 4.78 is 70.8. The first-order chi connectivity index (χ1) is 8.49. The smallest absolute Gasteiger partial charge is 0.323 e. The molecule has 0 aliphatic heterocycles. The minimum Gasteiger partial charge on any atom is -0.323 e. The number of carbonyl (C=O) groups excluding carboxylic acids is 1. The third-order valence-corrected chi connectivity index (χ3v) is 2.82. The molecule has 0 atom stereocenters. The fraction of sp³-hybridized carbons (Fsp3) is 0.222. The maximum absolute atomic E-state index is 13.4. The molecule has 0 aliphatic carbocycles. The highest BCUT2D eigenvalue weighted by atomic mass is 32.2. The summed E-state index contributed by atoms with van der Waals surface area (Å²) in [5.41, 5.74) is -0.568. The van der Waals surface area contributed by atoms with E-state index in [1.807, 2.05) is 0 Å². The number of sulfonamides is 1. The Kier molecular flexibility index (Phi) is 4.15. The molecule has 5 nitrogen and oxygen atoms in total. The van der Waals surface area contributed by atoms with Crippen molar-refractivity contribution in [1.82, 2.24) is 0 Å². The zero-order chi connectivity index (χ0) is 14.8. The van der Waals surface area contributed by atoms with Gasteiger partial charge in [0, 0.05) is 0 Å². The van der Waals surface area contributed by atoms with Crippen LogP contribution in [0.3, 0.4) is 0 Å². The Bertz CT molecular complexity index is 598. The molecule has 0 heterocycles. The number of benzene rings is 1. The van der Waals surface area contributed by atoms with Crippen molar-refractivity contribution in [2.75, 3.05) is 5.32 Å². The molecular weight excluding hydrogens is 292 g/mol. The molecule has 1 aromatic rings. The quantitative estimate of drug-likeness (QED) is 0.826. The first-order valence-corrected chi connectivity index (χ1v) is 6.22. The van der Waals surface area contributed by atoms with E-state index in [0.29, 0.717) is 6.07 Å². The first kappa shape index (κ1) is 15.4. The van der Waals surface area contributed by atoms with Crippen LogP contribution in [0.5, 0.6) is 0 Å². The summed E-state index contributed by atoms with van der Waals surface area (Å²) in [7, 11) is -4.13. The van der Waals surface area contributed by atoms with Crippen LogP contribution in [-0.2, 0) is 14.8 Å². The number of rotatable bonds is 3. The van der Waals surface area contributed by atoms with Gasteiger partial charge in [-0.15, -0.1) is 0 Å². The van der Waals surface area contributed by atoms with Gasteiger partial charge in [-0.25, -0.2) is 17.9 Å². The second-order valence-electron chi connectivity index (χ2n) is 3.53.